The zero-order valence-corrected chi connectivity index (χ0v) is 17.0. The van der Waals surface area contributed by atoms with Crippen molar-refractivity contribution in [2.24, 2.45) is 17.8 Å². The number of fused-ring (bicyclic) bond motifs is 1. The summed E-state index contributed by atoms with van der Waals surface area (Å²) >= 11 is 0. The summed E-state index contributed by atoms with van der Waals surface area (Å²) in [6.45, 7) is 6.05. The van der Waals surface area contributed by atoms with E-state index in [1.807, 2.05) is 6.07 Å². The predicted molar refractivity (Wildman–Crippen MR) is 102 cm³/mol. The largest absolute Gasteiger partial charge is 0.490 e. The molecule has 1 N–H and O–H groups in total. The summed E-state index contributed by atoms with van der Waals surface area (Å²) in [5, 5.41) is 7.12. The Morgan fingerprint density at radius 1 is 1.06 bits per heavy atom. The maximum atomic E-state index is 13.3. The molecule has 0 unspecified atom stereocenters. The van der Waals surface area contributed by atoms with Gasteiger partial charge in [-0.25, -0.2) is 9.18 Å². The summed E-state index contributed by atoms with van der Waals surface area (Å²) in [6.07, 6.45) is -3.34. The average Bonchev–Trinajstić information content (AvgIpc) is 3.26. The number of rotatable bonds is 3. The minimum Gasteiger partial charge on any atom is -0.475 e. The molecular weight excluding hydrogens is 420 g/mol. The Labute approximate surface area is 177 Å². The zero-order chi connectivity index (χ0) is 22.6. The van der Waals surface area contributed by atoms with Crippen LogP contribution in [-0.2, 0) is 20.9 Å². The highest BCUT2D eigenvalue weighted by atomic mass is 19.4. The zero-order valence-electron chi connectivity index (χ0n) is 17.0. The first-order valence-corrected chi connectivity index (χ1v) is 10.3. The van der Waals surface area contributed by atoms with Crippen molar-refractivity contribution in [3.05, 3.63) is 35.6 Å². The third kappa shape index (κ3) is 6.39. The number of carboxylic acid groups (broad SMARTS) is 1. The third-order valence-corrected chi connectivity index (χ3v) is 5.98. The first-order chi connectivity index (χ1) is 14.6. The van der Waals surface area contributed by atoms with Gasteiger partial charge in [0, 0.05) is 51.9 Å². The van der Waals surface area contributed by atoms with E-state index in [1.165, 1.54) is 6.07 Å². The third-order valence-electron chi connectivity index (χ3n) is 5.98. The number of ether oxygens (including phenoxy) is 1. The van der Waals surface area contributed by atoms with Crippen LogP contribution in [0.4, 0.5) is 17.6 Å². The van der Waals surface area contributed by atoms with Gasteiger partial charge in [-0.15, -0.1) is 0 Å². The van der Waals surface area contributed by atoms with Crippen molar-refractivity contribution in [1.82, 2.24) is 9.80 Å². The molecule has 10 heteroatoms. The number of carboxylic acids is 1. The molecule has 6 nitrogen and oxygen atoms in total. The number of benzene rings is 1. The fourth-order valence-electron chi connectivity index (χ4n) is 4.50. The number of carbonyl (C=O) groups excluding carboxylic acids is 1. The Bertz CT molecular complexity index is 769. The van der Waals surface area contributed by atoms with Crippen LogP contribution in [0.25, 0.3) is 0 Å². The van der Waals surface area contributed by atoms with Crippen LogP contribution in [-0.4, -0.2) is 72.4 Å². The maximum absolute atomic E-state index is 13.3. The molecule has 2 atom stereocenters. The molecule has 0 aliphatic carbocycles. The molecule has 3 fully saturated rings. The quantitative estimate of drug-likeness (QED) is 0.724. The summed E-state index contributed by atoms with van der Waals surface area (Å²) in [6, 6.07) is 6.87. The molecule has 172 valence electrons. The SMILES string of the molecule is O=C(C1CCOCC1)N1C[C@H]2CN(Cc3cccc(F)c3)C[C@H]2C1.O=C(O)C(F)(F)F. The van der Waals surface area contributed by atoms with Crippen LogP contribution in [0.5, 0.6) is 0 Å². The van der Waals surface area contributed by atoms with E-state index < -0.39 is 12.1 Å². The van der Waals surface area contributed by atoms with Crippen LogP contribution in [0.3, 0.4) is 0 Å². The summed E-state index contributed by atoms with van der Waals surface area (Å²) in [5.74, 6) is -1.28. The summed E-state index contributed by atoms with van der Waals surface area (Å²) in [7, 11) is 0. The molecule has 0 saturated carbocycles. The maximum Gasteiger partial charge on any atom is 0.490 e. The molecule has 1 aromatic rings. The van der Waals surface area contributed by atoms with Crippen molar-refractivity contribution in [3.63, 3.8) is 0 Å². The molecule has 3 saturated heterocycles. The highest BCUT2D eigenvalue weighted by Gasteiger charge is 2.42. The molecule has 3 aliphatic rings. The molecule has 3 heterocycles. The van der Waals surface area contributed by atoms with Crippen LogP contribution in [0, 0.1) is 23.6 Å². The van der Waals surface area contributed by atoms with Crippen LogP contribution in [0.1, 0.15) is 18.4 Å². The number of hydrogen-bond acceptors (Lipinski definition) is 4. The van der Waals surface area contributed by atoms with Crippen molar-refractivity contribution >= 4 is 11.9 Å². The first kappa shape index (κ1) is 23.5. The minimum absolute atomic E-state index is 0.167. The van der Waals surface area contributed by atoms with E-state index in [0.29, 0.717) is 17.7 Å². The van der Waals surface area contributed by atoms with Crippen molar-refractivity contribution in [1.29, 1.82) is 0 Å². The molecule has 3 aliphatic heterocycles. The smallest absolute Gasteiger partial charge is 0.475 e. The van der Waals surface area contributed by atoms with Crippen molar-refractivity contribution < 1.29 is 37.0 Å². The second-order valence-electron chi connectivity index (χ2n) is 8.28. The molecule has 0 radical (unpaired) electrons. The standard InChI is InChI=1S/C19H25FN2O2.C2HF3O2/c20-18-3-1-2-14(8-18)9-21-10-16-12-22(13-17(16)11-21)19(23)15-4-6-24-7-5-15;3-2(4,5)1(6)7/h1-3,8,15-17H,4-7,9-13H2;(H,6,7)/t16-,17+;. The lowest BCUT2D eigenvalue weighted by atomic mass is 9.99. The predicted octanol–water partition coefficient (Wildman–Crippen LogP) is 2.78. The minimum atomic E-state index is -5.08. The van der Waals surface area contributed by atoms with Gasteiger partial charge >= 0.3 is 12.1 Å². The molecule has 4 rings (SSSR count). The number of carbonyl (C=O) groups is 2. The topological polar surface area (TPSA) is 70.1 Å². The van der Waals surface area contributed by atoms with Crippen molar-refractivity contribution in [2.45, 2.75) is 25.6 Å². The monoisotopic (exact) mass is 446 g/mol. The Balaban J connectivity index is 0.000000339. The van der Waals surface area contributed by atoms with Crippen LogP contribution in [0.15, 0.2) is 24.3 Å². The van der Waals surface area contributed by atoms with Crippen LogP contribution >= 0.6 is 0 Å². The van der Waals surface area contributed by atoms with Crippen LogP contribution < -0.4 is 0 Å². The molecule has 1 amide bonds. The van der Waals surface area contributed by atoms with E-state index in [1.54, 1.807) is 12.1 Å². The summed E-state index contributed by atoms with van der Waals surface area (Å²) in [5.41, 5.74) is 1.03. The van der Waals surface area contributed by atoms with E-state index >= 15 is 0 Å². The fourth-order valence-corrected chi connectivity index (χ4v) is 4.50. The molecule has 0 aromatic heterocycles. The number of halogens is 4. The lowest BCUT2D eigenvalue weighted by molar-refractivity contribution is -0.192. The summed E-state index contributed by atoms with van der Waals surface area (Å²) < 4.78 is 50.4. The highest BCUT2D eigenvalue weighted by Crippen LogP contribution is 2.33. The molecule has 0 spiro atoms. The number of hydrogen-bond donors (Lipinski definition) is 1. The van der Waals surface area contributed by atoms with Crippen LogP contribution in [0.2, 0.25) is 0 Å². The van der Waals surface area contributed by atoms with Gasteiger partial charge in [0.1, 0.15) is 5.82 Å². The number of likely N-dealkylation sites (tertiary alicyclic amines) is 2. The van der Waals surface area contributed by atoms with Gasteiger partial charge < -0.3 is 14.7 Å². The molecular formula is C21H26F4N2O4. The van der Waals surface area contributed by atoms with E-state index in [2.05, 4.69) is 9.80 Å². The fraction of sp³-hybridized carbons (Fsp3) is 0.619. The van der Waals surface area contributed by atoms with Gasteiger partial charge in [0.05, 0.1) is 0 Å². The molecule has 0 bridgehead atoms. The van der Waals surface area contributed by atoms with Crippen molar-refractivity contribution in [3.8, 4) is 0 Å². The Morgan fingerprint density at radius 2 is 1.65 bits per heavy atom. The number of nitrogens with zero attached hydrogens (tertiary/aromatic N) is 2. The second-order valence-corrected chi connectivity index (χ2v) is 8.28. The van der Waals surface area contributed by atoms with Gasteiger partial charge in [-0.3, -0.25) is 9.69 Å². The van der Waals surface area contributed by atoms with Gasteiger partial charge in [-0.05, 0) is 42.4 Å². The Hall–Kier alpha value is -2.20. The highest BCUT2D eigenvalue weighted by molar-refractivity contribution is 5.79. The Kier molecular flexibility index (Phi) is 7.53. The van der Waals surface area contributed by atoms with Gasteiger partial charge in [0.25, 0.3) is 0 Å². The summed E-state index contributed by atoms with van der Waals surface area (Å²) in [4.78, 5) is 26.0. The number of alkyl halides is 3. The van der Waals surface area contributed by atoms with E-state index in [9.17, 15) is 22.4 Å². The van der Waals surface area contributed by atoms with E-state index in [4.69, 9.17) is 14.6 Å². The number of aliphatic carboxylic acids is 1. The van der Waals surface area contributed by atoms with Gasteiger partial charge in [0.15, 0.2) is 0 Å². The molecule has 31 heavy (non-hydrogen) atoms. The van der Waals surface area contributed by atoms with E-state index in [0.717, 1.165) is 64.3 Å². The van der Waals surface area contributed by atoms with E-state index in [-0.39, 0.29) is 11.7 Å². The second kappa shape index (κ2) is 9.95. The lowest BCUT2D eigenvalue weighted by Gasteiger charge is -2.27. The average molecular weight is 446 g/mol. The van der Waals surface area contributed by atoms with Gasteiger partial charge in [0.2, 0.25) is 5.91 Å². The van der Waals surface area contributed by atoms with Gasteiger partial charge in [-0.1, -0.05) is 12.1 Å². The first-order valence-electron chi connectivity index (χ1n) is 10.3. The van der Waals surface area contributed by atoms with Crippen molar-refractivity contribution in [2.75, 3.05) is 39.4 Å². The number of amides is 1. The van der Waals surface area contributed by atoms with Gasteiger partial charge in [-0.2, -0.15) is 13.2 Å². The normalized spacial score (nSPS) is 24.5. The lowest BCUT2D eigenvalue weighted by Crippen LogP contribution is -2.39. The molecule has 1 aromatic carbocycles. The Morgan fingerprint density at radius 3 is 2.16 bits per heavy atom.